The normalized spacial score (nSPS) is 12.4. The van der Waals surface area contributed by atoms with Crippen molar-refractivity contribution in [3.05, 3.63) is 0 Å². The van der Waals surface area contributed by atoms with Gasteiger partial charge in [-0.25, -0.2) is 0 Å². The summed E-state index contributed by atoms with van der Waals surface area (Å²) in [7, 11) is 0. The van der Waals surface area contributed by atoms with Gasteiger partial charge in [0.05, 0.1) is 25.4 Å². The molecule has 0 radical (unpaired) electrons. The minimum atomic E-state index is -0.666. The van der Waals surface area contributed by atoms with Crippen molar-refractivity contribution in [3.63, 3.8) is 0 Å². The smallest absolute Gasteiger partial charge is 0.305 e. The quantitative estimate of drug-likeness (QED) is 0.0417. The topological polar surface area (TPSA) is 95.9 Å². The number of hydrogen-bond acceptors (Lipinski definition) is 5. The van der Waals surface area contributed by atoms with Crippen LogP contribution in [0.15, 0.2) is 0 Å². The molecule has 0 aliphatic rings. The van der Waals surface area contributed by atoms with E-state index in [0.717, 1.165) is 38.5 Å². The molecule has 0 aliphatic heterocycles. The molecular formula is C66H131NO5. The average Bonchev–Trinajstić information content (AvgIpc) is 3.38. The zero-order chi connectivity index (χ0) is 52.2. The second kappa shape index (κ2) is 62.4. The molecule has 0 rings (SSSR count). The Balaban J connectivity index is 3.37. The molecular weight excluding hydrogens is 887 g/mol. The lowest BCUT2D eigenvalue weighted by Gasteiger charge is -2.22. The highest BCUT2D eigenvalue weighted by molar-refractivity contribution is 5.76. The molecule has 430 valence electrons. The standard InChI is InChI=1S/C66H131NO5/c1-3-5-7-9-11-13-15-17-19-21-23-28-32-36-40-44-48-52-56-60-66(71)72-61-57-53-49-45-41-37-33-29-25-24-27-31-35-39-43-47-51-55-59-65(70)67-63(62-68)64(69)58-54-50-46-42-38-34-30-26-22-20-18-16-14-12-10-8-6-4-2/h63-64,68-69H,3-62H2,1-2H3,(H,67,70). The molecule has 6 nitrogen and oxygen atoms in total. The van der Waals surface area contributed by atoms with Crippen molar-refractivity contribution in [1.82, 2.24) is 5.32 Å². The van der Waals surface area contributed by atoms with Gasteiger partial charge >= 0.3 is 5.97 Å². The molecule has 0 fully saturated rings. The van der Waals surface area contributed by atoms with Gasteiger partial charge in [0.1, 0.15) is 0 Å². The molecule has 0 heterocycles. The van der Waals surface area contributed by atoms with Crippen molar-refractivity contribution in [2.45, 2.75) is 398 Å². The summed E-state index contributed by atoms with van der Waals surface area (Å²) in [5.41, 5.74) is 0. The Morgan fingerprint density at radius 3 is 0.847 bits per heavy atom. The predicted octanol–water partition coefficient (Wildman–Crippen LogP) is 21.0. The van der Waals surface area contributed by atoms with Crippen LogP contribution in [0.4, 0.5) is 0 Å². The van der Waals surface area contributed by atoms with Gasteiger partial charge in [-0.05, 0) is 25.7 Å². The van der Waals surface area contributed by atoms with Crippen LogP contribution in [0.2, 0.25) is 0 Å². The molecule has 0 spiro atoms. The summed E-state index contributed by atoms with van der Waals surface area (Å²) < 4.78 is 5.51. The first kappa shape index (κ1) is 70.9. The van der Waals surface area contributed by atoms with Crippen molar-refractivity contribution in [3.8, 4) is 0 Å². The van der Waals surface area contributed by atoms with Gasteiger partial charge in [-0.2, -0.15) is 0 Å². The van der Waals surface area contributed by atoms with Crippen LogP contribution in [0, 0.1) is 0 Å². The minimum Gasteiger partial charge on any atom is -0.466 e. The zero-order valence-electron chi connectivity index (χ0n) is 49.2. The van der Waals surface area contributed by atoms with Gasteiger partial charge in [0.25, 0.3) is 0 Å². The van der Waals surface area contributed by atoms with Crippen LogP contribution in [-0.4, -0.2) is 47.4 Å². The second-order valence-electron chi connectivity index (χ2n) is 23.2. The molecule has 0 aliphatic carbocycles. The SMILES string of the molecule is CCCCCCCCCCCCCCCCCCCCCC(=O)OCCCCCCCCCCCCCCCCCCCCC(=O)NC(CO)C(O)CCCCCCCCCCCCCCCCCCCC. The first-order valence-corrected chi connectivity index (χ1v) is 33.3. The number of aliphatic hydroxyl groups is 2. The first-order valence-electron chi connectivity index (χ1n) is 33.3. The van der Waals surface area contributed by atoms with E-state index >= 15 is 0 Å². The van der Waals surface area contributed by atoms with Crippen LogP contribution < -0.4 is 5.32 Å². The second-order valence-corrected chi connectivity index (χ2v) is 23.2. The fourth-order valence-corrected chi connectivity index (χ4v) is 10.8. The highest BCUT2D eigenvalue weighted by atomic mass is 16.5. The Morgan fingerprint density at radius 1 is 0.333 bits per heavy atom. The van der Waals surface area contributed by atoms with Crippen molar-refractivity contribution < 1.29 is 24.5 Å². The van der Waals surface area contributed by atoms with Crippen molar-refractivity contribution in [2.24, 2.45) is 0 Å². The minimum absolute atomic E-state index is 0.0136. The number of amides is 1. The van der Waals surface area contributed by atoms with Crippen molar-refractivity contribution in [1.29, 1.82) is 0 Å². The average molecular weight is 1020 g/mol. The van der Waals surface area contributed by atoms with Gasteiger partial charge in [0, 0.05) is 12.8 Å². The third kappa shape index (κ3) is 58.1. The molecule has 0 saturated carbocycles. The molecule has 0 saturated heterocycles. The lowest BCUT2D eigenvalue weighted by atomic mass is 10.0. The molecule has 2 unspecified atom stereocenters. The molecule has 0 aromatic carbocycles. The summed E-state index contributed by atoms with van der Waals surface area (Å²) in [5.74, 6) is -0.0208. The largest absolute Gasteiger partial charge is 0.466 e. The van der Waals surface area contributed by atoms with E-state index in [2.05, 4.69) is 19.2 Å². The Labute approximate surface area is 451 Å². The van der Waals surface area contributed by atoms with Gasteiger partial charge in [-0.3, -0.25) is 9.59 Å². The molecule has 0 aromatic heterocycles. The molecule has 1 amide bonds. The maximum absolute atomic E-state index is 12.5. The summed E-state index contributed by atoms with van der Waals surface area (Å²) in [4.78, 5) is 24.6. The van der Waals surface area contributed by atoms with E-state index in [1.165, 1.54) is 315 Å². The number of esters is 1. The lowest BCUT2D eigenvalue weighted by Crippen LogP contribution is -2.45. The number of nitrogens with one attached hydrogen (secondary N) is 1. The number of unbranched alkanes of at least 4 members (excludes halogenated alkanes) is 52. The highest BCUT2D eigenvalue weighted by Crippen LogP contribution is 2.19. The number of carbonyl (C=O) groups excluding carboxylic acids is 2. The number of aliphatic hydroxyl groups excluding tert-OH is 2. The van der Waals surface area contributed by atoms with Crippen LogP contribution in [0.1, 0.15) is 386 Å². The van der Waals surface area contributed by atoms with E-state index in [9.17, 15) is 19.8 Å². The third-order valence-corrected chi connectivity index (χ3v) is 15.9. The molecule has 3 N–H and O–H groups in total. The fraction of sp³-hybridized carbons (Fsp3) is 0.970. The Hall–Kier alpha value is -1.14. The van der Waals surface area contributed by atoms with Gasteiger partial charge in [-0.15, -0.1) is 0 Å². The molecule has 72 heavy (non-hydrogen) atoms. The Morgan fingerprint density at radius 2 is 0.569 bits per heavy atom. The first-order chi connectivity index (χ1) is 35.5. The molecule has 2 atom stereocenters. The number of ether oxygens (including phenoxy) is 1. The number of carbonyl (C=O) groups is 2. The maximum Gasteiger partial charge on any atom is 0.305 e. The van der Waals surface area contributed by atoms with Crippen LogP contribution in [0.25, 0.3) is 0 Å². The summed E-state index contributed by atoms with van der Waals surface area (Å²) in [6.45, 7) is 4.99. The third-order valence-electron chi connectivity index (χ3n) is 15.9. The van der Waals surface area contributed by atoms with Crippen LogP contribution in [0.5, 0.6) is 0 Å². The van der Waals surface area contributed by atoms with Gasteiger partial charge in [0.2, 0.25) is 5.91 Å². The van der Waals surface area contributed by atoms with Crippen molar-refractivity contribution in [2.75, 3.05) is 13.2 Å². The monoisotopic (exact) mass is 1020 g/mol. The van der Waals surface area contributed by atoms with E-state index in [0.29, 0.717) is 25.9 Å². The summed E-state index contributed by atoms with van der Waals surface area (Å²) in [6.07, 6.45) is 74.1. The van der Waals surface area contributed by atoms with E-state index in [1.54, 1.807) is 0 Å². The van der Waals surface area contributed by atoms with Gasteiger partial charge in [0.15, 0.2) is 0 Å². The summed E-state index contributed by atoms with van der Waals surface area (Å²) in [5, 5.41) is 23.4. The van der Waals surface area contributed by atoms with Crippen LogP contribution in [-0.2, 0) is 14.3 Å². The highest BCUT2D eigenvalue weighted by Gasteiger charge is 2.20. The van der Waals surface area contributed by atoms with Crippen molar-refractivity contribution >= 4 is 11.9 Å². The molecule has 0 aromatic rings. The van der Waals surface area contributed by atoms with E-state index in [4.69, 9.17) is 4.74 Å². The summed E-state index contributed by atoms with van der Waals surface area (Å²) in [6, 6.07) is -0.544. The summed E-state index contributed by atoms with van der Waals surface area (Å²) >= 11 is 0. The van der Waals surface area contributed by atoms with Gasteiger partial charge < -0.3 is 20.3 Å². The van der Waals surface area contributed by atoms with Gasteiger partial charge in [-0.1, -0.05) is 348 Å². The van der Waals surface area contributed by atoms with Crippen LogP contribution >= 0.6 is 0 Å². The zero-order valence-corrected chi connectivity index (χ0v) is 49.2. The predicted molar refractivity (Wildman–Crippen MR) is 315 cm³/mol. The van der Waals surface area contributed by atoms with Crippen LogP contribution in [0.3, 0.4) is 0 Å². The number of rotatable bonds is 63. The fourth-order valence-electron chi connectivity index (χ4n) is 10.8. The van der Waals surface area contributed by atoms with E-state index in [-0.39, 0.29) is 18.5 Å². The Kier molecular flexibility index (Phi) is 61.4. The molecule has 6 heteroatoms. The molecule has 0 bridgehead atoms. The van der Waals surface area contributed by atoms with E-state index in [1.807, 2.05) is 0 Å². The maximum atomic E-state index is 12.5. The lowest BCUT2D eigenvalue weighted by molar-refractivity contribution is -0.143. The Bertz CT molecular complexity index is 1040. The number of hydrogen-bond donors (Lipinski definition) is 3. The van der Waals surface area contributed by atoms with E-state index < -0.39 is 12.1 Å².